The van der Waals surface area contributed by atoms with Crippen LogP contribution in [0.25, 0.3) is 0 Å². The molecule has 2 aromatic carbocycles. The average molecular weight is 447 g/mol. The number of piperazine rings is 1. The second kappa shape index (κ2) is 9.10. The number of carbonyl (C=O) groups excluding carboxylic acids is 1. The summed E-state index contributed by atoms with van der Waals surface area (Å²) < 4.78 is 6.75. The van der Waals surface area contributed by atoms with Crippen LogP contribution in [0.1, 0.15) is 22.3 Å². The Morgan fingerprint density at radius 1 is 1.07 bits per heavy atom. The van der Waals surface area contributed by atoms with Gasteiger partial charge in [0.15, 0.2) is 0 Å². The summed E-state index contributed by atoms with van der Waals surface area (Å²) in [4.78, 5) is 27.4. The number of ether oxygens (including phenoxy) is 1. The third-order valence-corrected chi connectivity index (χ3v) is 5.32. The van der Waals surface area contributed by atoms with E-state index in [1.165, 1.54) is 0 Å². The standard InChI is InChI=1S/C21H23BrN2O4/c1-15-14-17(22)4-7-19(15)28-13-8-20(25)24-11-9-23(10-12-24)18-5-2-16(3-6-18)21(26)27/h2-7,14H,8-13H2,1H3,(H,26,27). The molecule has 2 aromatic rings. The zero-order valence-corrected chi connectivity index (χ0v) is 17.3. The van der Waals surface area contributed by atoms with Crippen LogP contribution in [-0.2, 0) is 4.79 Å². The van der Waals surface area contributed by atoms with Crippen LogP contribution in [0.4, 0.5) is 5.69 Å². The van der Waals surface area contributed by atoms with Gasteiger partial charge in [0.25, 0.3) is 0 Å². The Morgan fingerprint density at radius 3 is 2.36 bits per heavy atom. The highest BCUT2D eigenvalue weighted by atomic mass is 79.9. The van der Waals surface area contributed by atoms with Gasteiger partial charge >= 0.3 is 5.97 Å². The maximum absolute atomic E-state index is 12.4. The van der Waals surface area contributed by atoms with Crippen LogP contribution < -0.4 is 9.64 Å². The van der Waals surface area contributed by atoms with Gasteiger partial charge in [-0.05, 0) is 55.0 Å². The lowest BCUT2D eigenvalue weighted by Crippen LogP contribution is -2.49. The van der Waals surface area contributed by atoms with E-state index in [-0.39, 0.29) is 11.5 Å². The number of amides is 1. The van der Waals surface area contributed by atoms with Gasteiger partial charge in [-0.1, -0.05) is 15.9 Å². The molecule has 1 saturated heterocycles. The first-order valence-corrected chi connectivity index (χ1v) is 9.98. The Labute approximate surface area is 172 Å². The van der Waals surface area contributed by atoms with E-state index in [0.29, 0.717) is 26.1 Å². The molecule has 0 saturated carbocycles. The molecular formula is C21H23BrN2O4. The van der Waals surface area contributed by atoms with E-state index in [1.807, 2.05) is 42.2 Å². The van der Waals surface area contributed by atoms with Gasteiger partial charge in [-0.25, -0.2) is 4.79 Å². The fraction of sp³-hybridized carbons (Fsp3) is 0.333. The van der Waals surface area contributed by atoms with Crippen molar-refractivity contribution in [1.29, 1.82) is 0 Å². The Morgan fingerprint density at radius 2 is 1.75 bits per heavy atom. The zero-order chi connectivity index (χ0) is 20.1. The summed E-state index contributed by atoms with van der Waals surface area (Å²) in [5.41, 5.74) is 2.29. The predicted molar refractivity (Wildman–Crippen MR) is 111 cm³/mol. The first kappa shape index (κ1) is 20.2. The van der Waals surface area contributed by atoms with Crippen LogP contribution in [0.15, 0.2) is 46.9 Å². The minimum atomic E-state index is -0.928. The number of hydrogen-bond acceptors (Lipinski definition) is 4. The van der Waals surface area contributed by atoms with E-state index < -0.39 is 5.97 Å². The first-order chi connectivity index (χ1) is 13.4. The zero-order valence-electron chi connectivity index (χ0n) is 15.7. The monoisotopic (exact) mass is 446 g/mol. The second-order valence-electron chi connectivity index (χ2n) is 6.73. The molecule has 1 aliphatic rings. The number of anilines is 1. The number of rotatable bonds is 6. The molecule has 0 aliphatic carbocycles. The molecule has 1 amide bonds. The Hall–Kier alpha value is -2.54. The number of carboxylic acid groups (broad SMARTS) is 1. The Kier molecular flexibility index (Phi) is 6.57. The second-order valence-corrected chi connectivity index (χ2v) is 7.64. The first-order valence-electron chi connectivity index (χ1n) is 9.19. The Bertz CT molecular complexity index is 846. The fourth-order valence-electron chi connectivity index (χ4n) is 3.21. The van der Waals surface area contributed by atoms with Crippen molar-refractivity contribution in [2.45, 2.75) is 13.3 Å². The van der Waals surface area contributed by atoms with Crippen LogP contribution in [0.3, 0.4) is 0 Å². The van der Waals surface area contributed by atoms with Gasteiger partial charge in [0.1, 0.15) is 5.75 Å². The molecule has 0 radical (unpaired) electrons. The lowest BCUT2D eigenvalue weighted by Gasteiger charge is -2.36. The summed E-state index contributed by atoms with van der Waals surface area (Å²) >= 11 is 3.42. The minimum Gasteiger partial charge on any atom is -0.493 e. The van der Waals surface area contributed by atoms with Crippen LogP contribution in [0.5, 0.6) is 5.75 Å². The molecule has 0 atom stereocenters. The maximum Gasteiger partial charge on any atom is 0.335 e. The van der Waals surface area contributed by atoms with Gasteiger partial charge in [0.2, 0.25) is 5.91 Å². The molecule has 0 spiro atoms. The molecule has 148 valence electrons. The molecule has 0 unspecified atom stereocenters. The third kappa shape index (κ3) is 5.04. The van der Waals surface area contributed by atoms with Crippen LogP contribution in [0.2, 0.25) is 0 Å². The highest BCUT2D eigenvalue weighted by Gasteiger charge is 2.21. The summed E-state index contributed by atoms with van der Waals surface area (Å²) in [5.74, 6) is -0.0382. The van der Waals surface area contributed by atoms with Crippen LogP contribution in [-0.4, -0.2) is 54.7 Å². The van der Waals surface area contributed by atoms with Gasteiger partial charge in [0.05, 0.1) is 18.6 Å². The summed E-state index contributed by atoms with van der Waals surface area (Å²) in [7, 11) is 0. The summed E-state index contributed by atoms with van der Waals surface area (Å²) in [5, 5.41) is 8.98. The lowest BCUT2D eigenvalue weighted by atomic mass is 10.2. The van der Waals surface area contributed by atoms with Gasteiger partial charge in [-0.3, -0.25) is 4.79 Å². The molecule has 7 heteroatoms. The van der Waals surface area contributed by atoms with Crippen molar-refractivity contribution in [2.75, 3.05) is 37.7 Å². The number of carbonyl (C=O) groups is 2. The average Bonchev–Trinajstić information content (AvgIpc) is 2.69. The number of benzene rings is 2. The quantitative estimate of drug-likeness (QED) is 0.734. The fourth-order valence-corrected chi connectivity index (χ4v) is 3.69. The molecule has 0 bridgehead atoms. The van der Waals surface area contributed by atoms with Gasteiger partial charge in [0, 0.05) is 36.3 Å². The van der Waals surface area contributed by atoms with Crippen molar-refractivity contribution in [3.63, 3.8) is 0 Å². The Balaban J connectivity index is 1.45. The van der Waals surface area contributed by atoms with E-state index in [2.05, 4.69) is 20.8 Å². The summed E-state index contributed by atoms with van der Waals surface area (Å²) in [6.07, 6.45) is 0.350. The van der Waals surface area contributed by atoms with Crippen molar-refractivity contribution < 1.29 is 19.4 Å². The minimum absolute atomic E-state index is 0.0932. The predicted octanol–water partition coefficient (Wildman–Crippen LogP) is 3.57. The summed E-state index contributed by atoms with van der Waals surface area (Å²) in [6, 6.07) is 12.7. The van der Waals surface area contributed by atoms with E-state index in [4.69, 9.17) is 9.84 Å². The van der Waals surface area contributed by atoms with E-state index in [9.17, 15) is 9.59 Å². The molecule has 6 nitrogen and oxygen atoms in total. The topological polar surface area (TPSA) is 70.1 Å². The number of aromatic carboxylic acids is 1. The highest BCUT2D eigenvalue weighted by molar-refractivity contribution is 9.10. The van der Waals surface area contributed by atoms with Gasteiger partial charge in [-0.15, -0.1) is 0 Å². The molecule has 3 rings (SSSR count). The van der Waals surface area contributed by atoms with E-state index in [0.717, 1.165) is 34.6 Å². The molecular weight excluding hydrogens is 424 g/mol. The molecule has 1 aliphatic heterocycles. The molecule has 1 N–H and O–H groups in total. The largest absolute Gasteiger partial charge is 0.493 e. The van der Waals surface area contributed by atoms with Crippen molar-refractivity contribution in [3.05, 3.63) is 58.1 Å². The van der Waals surface area contributed by atoms with Crippen molar-refractivity contribution in [3.8, 4) is 5.75 Å². The van der Waals surface area contributed by atoms with Crippen LogP contribution >= 0.6 is 15.9 Å². The van der Waals surface area contributed by atoms with Crippen LogP contribution in [0, 0.1) is 6.92 Å². The van der Waals surface area contributed by atoms with Gasteiger partial charge < -0.3 is 19.6 Å². The number of nitrogens with zero attached hydrogens (tertiary/aromatic N) is 2. The number of aryl methyl sites for hydroxylation is 1. The van der Waals surface area contributed by atoms with Crippen molar-refractivity contribution in [1.82, 2.24) is 4.90 Å². The molecule has 1 fully saturated rings. The van der Waals surface area contributed by atoms with E-state index >= 15 is 0 Å². The number of hydrogen-bond donors (Lipinski definition) is 1. The maximum atomic E-state index is 12.4. The molecule has 1 heterocycles. The smallest absolute Gasteiger partial charge is 0.335 e. The molecule has 28 heavy (non-hydrogen) atoms. The number of halogens is 1. The van der Waals surface area contributed by atoms with Gasteiger partial charge in [-0.2, -0.15) is 0 Å². The van der Waals surface area contributed by atoms with Crippen molar-refractivity contribution >= 4 is 33.5 Å². The lowest BCUT2D eigenvalue weighted by molar-refractivity contribution is -0.132. The SMILES string of the molecule is Cc1cc(Br)ccc1OCCC(=O)N1CCN(c2ccc(C(=O)O)cc2)CC1. The normalized spacial score (nSPS) is 14.1. The molecule has 0 aromatic heterocycles. The summed E-state index contributed by atoms with van der Waals surface area (Å²) in [6.45, 7) is 5.09. The van der Waals surface area contributed by atoms with Crippen molar-refractivity contribution in [2.24, 2.45) is 0 Å². The van der Waals surface area contributed by atoms with E-state index in [1.54, 1.807) is 12.1 Å². The highest BCUT2D eigenvalue weighted by Crippen LogP contribution is 2.22. The third-order valence-electron chi connectivity index (χ3n) is 4.82. The number of carboxylic acids is 1.